The molecule has 3 aromatic rings. The molecule has 0 radical (unpaired) electrons. The summed E-state index contributed by atoms with van der Waals surface area (Å²) in [6, 6.07) is 14.5. The van der Waals surface area contributed by atoms with E-state index in [9.17, 15) is 0 Å². The van der Waals surface area contributed by atoms with Crippen molar-refractivity contribution >= 4 is 34.4 Å². The van der Waals surface area contributed by atoms with Crippen molar-refractivity contribution in [1.82, 2.24) is 4.98 Å². The zero-order chi connectivity index (χ0) is 17.1. The van der Waals surface area contributed by atoms with Gasteiger partial charge in [-0.05, 0) is 54.8 Å². The average Bonchev–Trinajstić information content (AvgIpc) is 2.95. The van der Waals surface area contributed by atoms with Crippen LogP contribution < -0.4 is 4.90 Å². The van der Waals surface area contributed by atoms with Crippen molar-refractivity contribution in [2.75, 3.05) is 19.0 Å². The minimum absolute atomic E-state index is 0.205. The normalized spacial score (nSPS) is 12.8. The van der Waals surface area contributed by atoms with Gasteiger partial charge in [-0.1, -0.05) is 23.7 Å². The molecule has 1 N–H and O–H groups in total. The summed E-state index contributed by atoms with van der Waals surface area (Å²) in [7, 11) is 4.08. The maximum absolute atomic E-state index is 6.11. The molecule has 0 aliphatic carbocycles. The Morgan fingerprint density at radius 2 is 1.92 bits per heavy atom. The van der Waals surface area contributed by atoms with Crippen LogP contribution in [0.25, 0.3) is 10.9 Å². The molecule has 3 rings (SSSR count). The van der Waals surface area contributed by atoms with E-state index in [2.05, 4.69) is 52.3 Å². The maximum Gasteiger partial charge on any atom is 0.0512 e. The third-order valence-electron chi connectivity index (χ3n) is 4.13. The largest absolute Gasteiger partial charge is 0.378 e. The molecule has 0 aliphatic heterocycles. The minimum Gasteiger partial charge on any atom is -0.378 e. The summed E-state index contributed by atoms with van der Waals surface area (Å²) in [5, 5.41) is 1.94. The third-order valence-corrected chi connectivity index (χ3v) is 4.37. The number of aliphatic imine (C=N–C) groups is 1. The van der Waals surface area contributed by atoms with Crippen LogP contribution >= 0.6 is 11.6 Å². The van der Waals surface area contributed by atoms with Crippen molar-refractivity contribution < 1.29 is 0 Å². The van der Waals surface area contributed by atoms with Gasteiger partial charge in [0.1, 0.15) is 0 Å². The summed E-state index contributed by atoms with van der Waals surface area (Å²) in [6.45, 7) is 2.13. The summed E-state index contributed by atoms with van der Waals surface area (Å²) >= 11 is 6.11. The number of rotatable bonds is 5. The van der Waals surface area contributed by atoms with Gasteiger partial charge >= 0.3 is 0 Å². The SMILES string of the molecule is C[C@@H](Cc1c[nH]c2ccc(Cl)cc12)N=Cc1ccc(N(C)C)cc1. The number of hydrogen-bond donors (Lipinski definition) is 1. The van der Waals surface area contributed by atoms with Gasteiger partial charge in [-0.15, -0.1) is 0 Å². The van der Waals surface area contributed by atoms with Gasteiger partial charge in [0, 0.05) is 48.1 Å². The Kier molecular flexibility index (Phi) is 4.91. The fourth-order valence-electron chi connectivity index (χ4n) is 2.76. The van der Waals surface area contributed by atoms with E-state index in [4.69, 9.17) is 11.6 Å². The fourth-order valence-corrected chi connectivity index (χ4v) is 2.93. The van der Waals surface area contributed by atoms with E-state index in [0.29, 0.717) is 0 Å². The first-order chi connectivity index (χ1) is 11.5. The number of H-pyrrole nitrogens is 1. The Morgan fingerprint density at radius 3 is 2.62 bits per heavy atom. The van der Waals surface area contributed by atoms with Crippen molar-refractivity contribution in [2.24, 2.45) is 4.99 Å². The first-order valence-corrected chi connectivity index (χ1v) is 8.47. The van der Waals surface area contributed by atoms with E-state index in [1.54, 1.807) is 0 Å². The molecule has 4 heteroatoms. The average molecular weight is 340 g/mol. The Bertz CT molecular complexity index is 847. The molecule has 0 unspecified atom stereocenters. The molecule has 0 spiro atoms. The molecule has 0 bridgehead atoms. The lowest BCUT2D eigenvalue weighted by Crippen LogP contribution is -2.08. The topological polar surface area (TPSA) is 31.4 Å². The van der Waals surface area contributed by atoms with Crippen LogP contribution in [-0.4, -0.2) is 31.3 Å². The van der Waals surface area contributed by atoms with Crippen molar-refractivity contribution in [3.05, 3.63) is 64.8 Å². The second-order valence-electron chi connectivity index (χ2n) is 6.32. The fraction of sp³-hybridized carbons (Fsp3) is 0.250. The predicted octanol–water partition coefficient (Wildman–Crippen LogP) is 4.94. The van der Waals surface area contributed by atoms with E-state index in [1.807, 2.05) is 38.5 Å². The van der Waals surface area contributed by atoms with Gasteiger partial charge in [0.2, 0.25) is 0 Å². The number of aromatic nitrogens is 1. The van der Waals surface area contributed by atoms with Crippen LogP contribution in [0.5, 0.6) is 0 Å². The highest BCUT2D eigenvalue weighted by Crippen LogP contribution is 2.23. The van der Waals surface area contributed by atoms with Crippen LogP contribution in [0.15, 0.2) is 53.7 Å². The van der Waals surface area contributed by atoms with E-state index in [0.717, 1.165) is 22.5 Å². The molecular formula is C20H22ClN3. The number of nitrogens with one attached hydrogen (secondary N) is 1. The maximum atomic E-state index is 6.11. The Morgan fingerprint density at radius 1 is 1.17 bits per heavy atom. The molecule has 3 nitrogen and oxygen atoms in total. The van der Waals surface area contributed by atoms with Crippen molar-refractivity contribution in [3.8, 4) is 0 Å². The molecular weight excluding hydrogens is 318 g/mol. The van der Waals surface area contributed by atoms with E-state index in [1.165, 1.54) is 16.6 Å². The smallest absolute Gasteiger partial charge is 0.0512 e. The van der Waals surface area contributed by atoms with E-state index >= 15 is 0 Å². The lowest BCUT2D eigenvalue weighted by molar-refractivity contribution is 0.747. The minimum atomic E-state index is 0.205. The number of aromatic amines is 1. The Hall–Kier alpha value is -2.26. The van der Waals surface area contributed by atoms with Crippen LogP contribution in [0.4, 0.5) is 5.69 Å². The van der Waals surface area contributed by atoms with Gasteiger partial charge in [0.05, 0.1) is 6.04 Å². The number of hydrogen-bond acceptors (Lipinski definition) is 2. The van der Waals surface area contributed by atoms with Gasteiger partial charge in [-0.25, -0.2) is 0 Å². The molecule has 124 valence electrons. The second kappa shape index (κ2) is 7.10. The van der Waals surface area contributed by atoms with Crippen LogP contribution in [-0.2, 0) is 6.42 Å². The van der Waals surface area contributed by atoms with Crippen LogP contribution in [0.3, 0.4) is 0 Å². The molecule has 0 fully saturated rings. The van der Waals surface area contributed by atoms with Gasteiger partial charge in [0.15, 0.2) is 0 Å². The quantitative estimate of drug-likeness (QED) is 0.656. The molecule has 0 saturated heterocycles. The van der Waals surface area contributed by atoms with Gasteiger partial charge in [-0.2, -0.15) is 0 Å². The summed E-state index contributed by atoms with van der Waals surface area (Å²) in [5.74, 6) is 0. The van der Waals surface area contributed by atoms with Crippen molar-refractivity contribution in [3.63, 3.8) is 0 Å². The third kappa shape index (κ3) is 3.80. The lowest BCUT2D eigenvalue weighted by Gasteiger charge is -2.11. The van der Waals surface area contributed by atoms with E-state index < -0.39 is 0 Å². The molecule has 0 saturated carbocycles. The Balaban J connectivity index is 1.70. The van der Waals surface area contributed by atoms with Crippen molar-refractivity contribution in [2.45, 2.75) is 19.4 Å². The monoisotopic (exact) mass is 339 g/mol. The molecule has 0 amide bonds. The summed E-state index contributed by atoms with van der Waals surface area (Å²) in [5.41, 5.74) is 4.68. The van der Waals surface area contributed by atoms with E-state index in [-0.39, 0.29) is 6.04 Å². The van der Waals surface area contributed by atoms with Crippen LogP contribution in [0.1, 0.15) is 18.1 Å². The first kappa shape index (κ1) is 16.6. The second-order valence-corrected chi connectivity index (χ2v) is 6.76. The number of anilines is 1. The predicted molar refractivity (Wildman–Crippen MR) is 105 cm³/mol. The summed E-state index contributed by atoms with van der Waals surface area (Å²) < 4.78 is 0. The molecule has 24 heavy (non-hydrogen) atoms. The first-order valence-electron chi connectivity index (χ1n) is 8.09. The lowest BCUT2D eigenvalue weighted by atomic mass is 10.1. The number of nitrogens with zero attached hydrogens (tertiary/aromatic N) is 2. The van der Waals surface area contributed by atoms with Crippen LogP contribution in [0.2, 0.25) is 5.02 Å². The zero-order valence-electron chi connectivity index (χ0n) is 14.3. The summed E-state index contributed by atoms with van der Waals surface area (Å²) in [4.78, 5) is 10.1. The molecule has 1 atom stereocenters. The zero-order valence-corrected chi connectivity index (χ0v) is 15.0. The standard InChI is InChI=1S/C20H22ClN3/c1-14(22-12-15-4-7-18(8-5-15)24(2)3)10-16-13-23-20-9-6-17(21)11-19(16)20/h4-9,11-14,23H,10H2,1-3H3/t14-/m0/s1. The van der Waals surface area contributed by atoms with Gasteiger partial charge in [-0.3, -0.25) is 4.99 Å². The number of benzene rings is 2. The van der Waals surface area contributed by atoms with Gasteiger partial charge < -0.3 is 9.88 Å². The highest BCUT2D eigenvalue weighted by Gasteiger charge is 2.08. The molecule has 0 aliphatic rings. The number of halogens is 1. The molecule has 1 heterocycles. The Labute approximate surface area is 148 Å². The molecule has 1 aromatic heterocycles. The highest BCUT2D eigenvalue weighted by atomic mass is 35.5. The summed E-state index contributed by atoms with van der Waals surface area (Å²) in [6.07, 6.45) is 4.89. The molecule has 2 aromatic carbocycles. The number of fused-ring (bicyclic) bond motifs is 1. The highest BCUT2D eigenvalue weighted by molar-refractivity contribution is 6.31. The van der Waals surface area contributed by atoms with Gasteiger partial charge in [0.25, 0.3) is 0 Å². The van der Waals surface area contributed by atoms with Crippen LogP contribution in [0, 0.1) is 0 Å². The van der Waals surface area contributed by atoms with Crippen molar-refractivity contribution in [1.29, 1.82) is 0 Å².